The zero-order chi connectivity index (χ0) is 17.7. The van der Waals surface area contributed by atoms with Crippen molar-refractivity contribution in [1.82, 2.24) is 10.3 Å². The molecule has 1 aromatic carbocycles. The van der Waals surface area contributed by atoms with Crippen LogP contribution in [0.4, 0.5) is 0 Å². The maximum absolute atomic E-state index is 11.8. The Morgan fingerprint density at radius 3 is 2.88 bits per heavy atom. The highest BCUT2D eigenvalue weighted by Crippen LogP contribution is 2.41. The number of hydrogen-bond acceptors (Lipinski definition) is 4. The first-order valence-corrected chi connectivity index (χ1v) is 8.13. The fourth-order valence-electron chi connectivity index (χ4n) is 2.66. The first-order valence-electron chi connectivity index (χ1n) is 8.13. The molecule has 0 spiro atoms. The molecule has 0 atom stereocenters. The third-order valence-electron chi connectivity index (χ3n) is 3.76. The Morgan fingerprint density at radius 2 is 2.08 bits per heavy atom. The third-order valence-corrected chi connectivity index (χ3v) is 3.76. The standard InChI is InChI=1S/C20H20N2O3/c1-20(2)14-16-6-5-7-17(18(16)25-20)24-13-4-3-10-22-19(23)15-8-11-21-12-9-15/h5-9,11-12H,10,13-14H2,1-2H3,(H,22,23). The van der Waals surface area contributed by atoms with Gasteiger partial charge in [-0.1, -0.05) is 24.0 Å². The van der Waals surface area contributed by atoms with Crippen LogP contribution in [0, 0.1) is 11.8 Å². The van der Waals surface area contributed by atoms with E-state index in [9.17, 15) is 4.79 Å². The number of amides is 1. The highest BCUT2D eigenvalue weighted by Gasteiger charge is 2.32. The molecule has 0 bridgehead atoms. The fourth-order valence-corrected chi connectivity index (χ4v) is 2.66. The van der Waals surface area contributed by atoms with Gasteiger partial charge in [0.25, 0.3) is 5.91 Å². The van der Waals surface area contributed by atoms with E-state index in [-0.39, 0.29) is 24.7 Å². The highest BCUT2D eigenvalue weighted by atomic mass is 16.5. The van der Waals surface area contributed by atoms with Crippen LogP contribution < -0.4 is 14.8 Å². The summed E-state index contributed by atoms with van der Waals surface area (Å²) in [6.45, 7) is 4.62. The zero-order valence-corrected chi connectivity index (χ0v) is 14.3. The minimum atomic E-state index is -0.204. The van der Waals surface area contributed by atoms with Gasteiger partial charge in [-0.05, 0) is 32.0 Å². The molecule has 1 aromatic heterocycles. The summed E-state index contributed by atoms with van der Waals surface area (Å²) in [5, 5.41) is 2.73. The Balaban J connectivity index is 1.48. The molecule has 128 valence electrons. The summed E-state index contributed by atoms with van der Waals surface area (Å²) in [6, 6.07) is 9.21. The molecule has 0 unspecified atom stereocenters. The van der Waals surface area contributed by atoms with E-state index in [4.69, 9.17) is 9.47 Å². The van der Waals surface area contributed by atoms with Gasteiger partial charge in [-0.25, -0.2) is 0 Å². The van der Waals surface area contributed by atoms with Gasteiger partial charge in [0, 0.05) is 29.9 Å². The summed E-state index contributed by atoms with van der Waals surface area (Å²) < 4.78 is 11.7. The van der Waals surface area contributed by atoms with E-state index in [1.165, 1.54) is 0 Å². The van der Waals surface area contributed by atoms with Crippen molar-refractivity contribution in [2.24, 2.45) is 0 Å². The number of para-hydroxylation sites is 1. The normalized spacial score (nSPS) is 13.8. The van der Waals surface area contributed by atoms with E-state index in [0.29, 0.717) is 11.3 Å². The van der Waals surface area contributed by atoms with Crippen LogP contribution in [-0.4, -0.2) is 29.6 Å². The number of rotatable bonds is 4. The van der Waals surface area contributed by atoms with Gasteiger partial charge in [0.05, 0.1) is 6.54 Å². The van der Waals surface area contributed by atoms with Crippen molar-refractivity contribution >= 4 is 5.91 Å². The van der Waals surface area contributed by atoms with Gasteiger partial charge in [0.1, 0.15) is 12.2 Å². The second kappa shape index (κ2) is 7.27. The number of nitrogens with zero attached hydrogens (tertiary/aromatic N) is 1. The van der Waals surface area contributed by atoms with Crippen LogP contribution in [0.3, 0.4) is 0 Å². The molecule has 0 aliphatic carbocycles. The summed E-state index contributed by atoms with van der Waals surface area (Å²) >= 11 is 0. The summed E-state index contributed by atoms with van der Waals surface area (Å²) in [6.07, 6.45) is 4.03. The quantitative estimate of drug-likeness (QED) is 0.872. The van der Waals surface area contributed by atoms with Crippen molar-refractivity contribution in [3.8, 4) is 23.3 Å². The molecule has 2 heterocycles. The topological polar surface area (TPSA) is 60.5 Å². The van der Waals surface area contributed by atoms with Crippen LogP contribution in [0.25, 0.3) is 0 Å². The lowest BCUT2D eigenvalue weighted by Crippen LogP contribution is -2.24. The van der Waals surface area contributed by atoms with Gasteiger partial charge in [0.15, 0.2) is 11.5 Å². The molecular formula is C20H20N2O3. The van der Waals surface area contributed by atoms with Gasteiger partial charge < -0.3 is 14.8 Å². The third kappa shape index (κ3) is 4.30. The van der Waals surface area contributed by atoms with E-state index in [1.54, 1.807) is 24.5 Å². The molecule has 5 nitrogen and oxygen atoms in total. The van der Waals surface area contributed by atoms with Crippen molar-refractivity contribution in [2.75, 3.05) is 13.2 Å². The number of ether oxygens (including phenoxy) is 2. The largest absolute Gasteiger partial charge is 0.483 e. The maximum Gasteiger partial charge on any atom is 0.252 e. The van der Waals surface area contributed by atoms with Crippen molar-refractivity contribution in [3.63, 3.8) is 0 Å². The monoisotopic (exact) mass is 336 g/mol. The lowest BCUT2D eigenvalue weighted by Gasteiger charge is -2.17. The summed E-state index contributed by atoms with van der Waals surface area (Å²) in [4.78, 5) is 15.7. The number of pyridine rings is 1. The van der Waals surface area contributed by atoms with E-state index in [2.05, 4.69) is 42.1 Å². The minimum Gasteiger partial charge on any atom is -0.483 e. The predicted octanol–water partition coefficient (Wildman–Crippen LogP) is 2.61. The van der Waals surface area contributed by atoms with Crippen LogP contribution in [0.5, 0.6) is 11.5 Å². The lowest BCUT2D eigenvalue weighted by molar-refractivity contribution is 0.0958. The second-order valence-electron chi connectivity index (χ2n) is 6.34. The molecule has 5 heteroatoms. The predicted molar refractivity (Wildman–Crippen MR) is 94.7 cm³/mol. The number of carbonyl (C=O) groups is 1. The van der Waals surface area contributed by atoms with Crippen molar-refractivity contribution < 1.29 is 14.3 Å². The highest BCUT2D eigenvalue weighted by molar-refractivity contribution is 5.94. The Hall–Kier alpha value is -3.00. The van der Waals surface area contributed by atoms with Crippen LogP contribution in [0.1, 0.15) is 29.8 Å². The van der Waals surface area contributed by atoms with Gasteiger partial charge in [0.2, 0.25) is 0 Å². The Morgan fingerprint density at radius 1 is 1.28 bits per heavy atom. The number of aromatic nitrogens is 1. The van der Waals surface area contributed by atoms with Gasteiger partial charge in [-0.15, -0.1) is 0 Å². The zero-order valence-electron chi connectivity index (χ0n) is 14.3. The molecule has 1 N–H and O–H groups in total. The number of carbonyl (C=O) groups excluding carboxylic acids is 1. The summed E-state index contributed by atoms with van der Waals surface area (Å²) in [5.41, 5.74) is 1.51. The molecule has 1 amide bonds. The number of benzene rings is 1. The number of nitrogens with one attached hydrogen (secondary N) is 1. The number of fused-ring (bicyclic) bond motifs is 1. The average molecular weight is 336 g/mol. The van der Waals surface area contributed by atoms with Crippen molar-refractivity contribution in [2.45, 2.75) is 25.9 Å². The van der Waals surface area contributed by atoms with E-state index < -0.39 is 0 Å². The fraction of sp³-hybridized carbons (Fsp3) is 0.300. The SMILES string of the molecule is CC1(C)Cc2cccc(OCC#CCNC(=O)c3ccncc3)c2O1. The first kappa shape index (κ1) is 16.8. The molecule has 25 heavy (non-hydrogen) atoms. The summed E-state index contributed by atoms with van der Waals surface area (Å²) in [5.74, 6) is 7.12. The molecule has 0 fully saturated rings. The molecule has 0 radical (unpaired) electrons. The minimum absolute atomic E-state index is 0.172. The smallest absolute Gasteiger partial charge is 0.252 e. The molecule has 2 aromatic rings. The second-order valence-corrected chi connectivity index (χ2v) is 6.34. The van der Waals surface area contributed by atoms with Gasteiger partial charge in [-0.2, -0.15) is 0 Å². The molecule has 1 aliphatic rings. The Kier molecular flexibility index (Phi) is 4.90. The van der Waals surface area contributed by atoms with Crippen molar-refractivity contribution in [3.05, 3.63) is 53.9 Å². The molecule has 1 aliphatic heterocycles. The van der Waals surface area contributed by atoms with E-state index in [1.807, 2.05) is 12.1 Å². The Labute approximate surface area is 147 Å². The molecule has 0 saturated carbocycles. The van der Waals surface area contributed by atoms with E-state index in [0.717, 1.165) is 17.7 Å². The van der Waals surface area contributed by atoms with Gasteiger partial charge >= 0.3 is 0 Å². The van der Waals surface area contributed by atoms with E-state index >= 15 is 0 Å². The van der Waals surface area contributed by atoms with Crippen LogP contribution >= 0.6 is 0 Å². The first-order chi connectivity index (χ1) is 12.1. The van der Waals surface area contributed by atoms with Gasteiger partial charge in [-0.3, -0.25) is 9.78 Å². The molecular weight excluding hydrogens is 316 g/mol. The maximum atomic E-state index is 11.8. The van der Waals surface area contributed by atoms with Crippen LogP contribution in [0.15, 0.2) is 42.7 Å². The Bertz CT molecular complexity index is 820. The number of hydrogen-bond donors (Lipinski definition) is 1. The summed E-state index contributed by atoms with van der Waals surface area (Å²) in [7, 11) is 0. The molecule has 3 rings (SSSR count). The van der Waals surface area contributed by atoms with Crippen molar-refractivity contribution in [1.29, 1.82) is 0 Å². The molecule has 0 saturated heterocycles. The van der Waals surface area contributed by atoms with Crippen LogP contribution in [0.2, 0.25) is 0 Å². The average Bonchev–Trinajstić information content (AvgIpc) is 2.93. The lowest BCUT2D eigenvalue weighted by atomic mass is 10.0. The van der Waals surface area contributed by atoms with Crippen LogP contribution in [-0.2, 0) is 6.42 Å².